The Labute approximate surface area is 166 Å². The summed E-state index contributed by atoms with van der Waals surface area (Å²) in [7, 11) is 0. The fourth-order valence-electron chi connectivity index (χ4n) is 3.49. The van der Waals surface area contributed by atoms with Gasteiger partial charge in [-0.3, -0.25) is 5.32 Å². The first kappa shape index (κ1) is 18.9. The Balaban J connectivity index is 1.77. The normalized spacial score (nSPS) is 21.0. The quantitative estimate of drug-likeness (QED) is 0.617. The standard InChI is InChI=1S/C21H19N3O5/c1-21(2)18(25)16(12-9-11(10-22)7-8-14(12)29-21)24-17(20(26)27)19-23-13-5-3-4-6-15(13)28-19/h3-9,16-18,24-25H,1-2H3,(H,26,27)/t16-,17?,18+/m0/s1. The lowest BCUT2D eigenvalue weighted by Gasteiger charge is -2.43. The first-order valence-corrected chi connectivity index (χ1v) is 9.05. The Kier molecular flexibility index (Phi) is 4.49. The summed E-state index contributed by atoms with van der Waals surface area (Å²) < 4.78 is 11.5. The Hall–Kier alpha value is -3.41. The molecule has 0 fully saturated rings. The molecule has 8 nitrogen and oxygen atoms in total. The van der Waals surface area contributed by atoms with Gasteiger partial charge in [0.15, 0.2) is 11.6 Å². The minimum absolute atomic E-state index is 0.0202. The minimum atomic E-state index is -1.31. The highest BCUT2D eigenvalue weighted by atomic mass is 16.5. The number of nitriles is 1. The van der Waals surface area contributed by atoms with Crippen molar-refractivity contribution in [2.24, 2.45) is 0 Å². The Morgan fingerprint density at radius 2 is 2.07 bits per heavy atom. The molecule has 1 unspecified atom stereocenters. The number of carboxylic acids is 1. The van der Waals surface area contributed by atoms with Crippen LogP contribution in [0.5, 0.6) is 5.75 Å². The van der Waals surface area contributed by atoms with Gasteiger partial charge in [0, 0.05) is 5.56 Å². The van der Waals surface area contributed by atoms with Gasteiger partial charge in [-0.2, -0.15) is 5.26 Å². The van der Waals surface area contributed by atoms with E-state index in [1.54, 1.807) is 56.3 Å². The van der Waals surface area contributed by atoms with E-state index in [4.69, 9.17) is 9.15 Å². The highest BCUT2D eigenvalue weighted by Crippen LogP contribution is 2.41. The van der Waals surface area contributed by atoms with Crippen LogP contribution in [-0.4, -0.2) is 32.9 Å². The molecule has 1 aliphatic heterocycles. The maximum absolute atomic E-state index is 12.0. The largest absolute Gasteiger partial charge is 0.485 e. The van der Waals surface area contributed by atoms with E-state index in [1.165, 1.54) is 0 Å². The summed E-state index contributed by atoms with van der Waals surface area (Å²) in [6.07, 6.45) is -1.09. The zero-order chi connectivity index (χ0) is 20.8. The van der Waals surface area contributed by atoms with Crippen molar-refractivity contribution in [3.63, 3.8) is 0 Å². The summed E-state index contributed by atoms with van der Waals surface area (Å²) in [4.78, 5) is 16.3. The van der Waals surface area contributed by atoms with Crippen molar-refractivity contribution in [2.75, 3.05) is 0 Å². The van der Waals surface area contributed by atoms with Crippen LogP contribution in [0, 0.1) is 11.3 Å². The molecule has 8 heteroatoms. The maximum atomic E-state index is 12.0. The molecule has 1 aromatic heterocycles. The van der Waals surface area contributed by atoms with Crippen molar-refractivity contribution in [1.29, 1.82) is 5.26 Å². The van der Waals surface area contributed by atoms with Crippen LogP contribution in [0.2, 0.25) is 0 Å². The average molecular weight is 393 g/mol. The van der Waals surface area contributed by atoms with E-state index in [0.717, 1.165) is 0 Å². The van der Waals surface area contributed by atoms with Crippen LogP contribution in [0.25, 0.3) is 11.1 Å². The van der Waals surface area contributed by atoms with Gasteiger partial charge in [0.25, 0.3) is 0 Å². The number of benzene rings is 2. The van der Waals surface area contributed by atoms with Crippen LogP contribution in [0.15, 0.2) is 46.9 Å². The number of nitrogens with one attached hydrogen (secondary N) is 1. The molecule has 0 spiro atoms. The lowest BCUT2D eigenvalue weighted by Crippen LogP contribution is -2.53. The summed E-state index contributed by atoms with van der Waals surface area (Å²) in [6.45, 7) is 3.42. The molecule has 0 aliphatic carbocycles. The van der Waals surface area contributed by atoms with Gasteiger partial charge in [0.2, 0.25) is 5.89 Å². The number of hydrogen-bond acceptors (Lipinski definition) is 7. The number of oxazole rings is 1. The van der Waals surface area contributed by atoms with Gasteiger partial charge in [-0.25, -0.2) is 9.78 Å². The highest BCUT2D eigenvalue weighted by molar-refractivity contribution is 5.77. The zero-order valence-corrected chi connectivity index (χ0v) is 15.8. The fourth-order valence-corrected chi connectivity index (χ4v) is 3.49. The molecule has 1 aliphatic rings. The second kappa shape index (κ2) is 6.88. The third-order valence-electron chi connectivity index (χ3n) is 5.03. The van der Waals surface area contributed by atoms with Crippen LogP contribution < -0.4 is 10.1 Å². The number of aliphatic hydroxyl groups excluding tert-OH is 1. The number of carboxylic acid groups (broad SMARTS) is 1. The molecule has 2 heterocycles. The summed E-state index contributed by atoms with van der Waals surface area (Å²) >= 11 is 0. The van der Waals surface area contributed by atoms with Gasteiger partial charge in [-0.05, 0) is 44.2 Å². The maximum Gasteiger partial charge on any atom is 0.330 e. The Morgan fingerprint density at radius 1 is 1.31 bits per heavy atom. The van der Waals surface area contributed by atoms with E-state index < -0.39 is 29.8 Å². The van der Waals surface area contributed by atoms with Crippen molar-refractivity contribution >= 4 is 17.1 Å². The lowest BCUT2D eigenvalue weighted by atomic mass is 9.85. The van der Waals surface area contributed by atoms with Crippen molar-refractivity contribution in [2.45, 2.75) is 37.6 Å². The number of hydrogen-bond donors (Lipinski definition) is 3. The highest BCUT2D eigenvalue weighted by Gasteiger charge is 2.45. The second-order valence-corrected chi connectivity index (χ2v) is 7.45. The number of para-hydroxylation sites is 2. The molecule has 3 aromatic rings. The molecule has 148 valence electrons. The molecule has 3 N–H and O–H groups in total. The number of carbonyl (C=O) groups is 1. The number of fused-ring (bicyclic) bond motifs is 2. The molecule has 0 saturated carbocycles. The second-order valence-electron chi connectivity index (χ2n) is 7.45. The third kappa shape index (κ3) is 3.31. The smallest absolute Gasteiger partial charge is 0.330 e. The third-order valence-corrected chi connectivity index (χ3v) is 5.03. The van der Waals surface area contributed by atoms with Crippen molar-refractivity contribution in [1.82, 2.24) is 10.3 Å². The van der Waals surface area contributed by atoms with Crippen LogP contribution in [0.4, 0.5) is 0 Å². The molecule has 0 bridgehead atoms. The molecule has 3 atom stereocenters. The molecular formula is C21H19N3O5. The number of rotatable bonds is 4. The van der Waals surface area contributed by atoms with Crippen molar-refractivity contribution in [3.8, 4) is 11.8 Å². The van der Waals surface area contributed by atoms with E-state index >= 15 is 0 Å². The van der Waals surface area contributed by atoms with Gasteiger partial charge >= 0.3 is 5.97 Å². The summed E-state index contributed by atoms with van der Waals surface area (Å²) in [5.74, 6) is -0.752. The number of nitrogens with zero attached hydrogens (tertiary/aromatic N) is 2. The average Bonchev–Trinajstić information content (AvgIpc) is 3.11. The molecular weight excluding hydrogens is 374 g/mol. The summed E-state index contributed by atoms with van der Waals surface area (Å²) in [5, 5.41) is 32.9. The fraction of sp³-hybridized carbons (Fsp3) is 0.286. The van der Waals surface area contributed by atoms with Crippen LogP contribution in [-0.2, 0) is 4.79 Å². The van der Waals surface area contributed by atoms with E-state index in [-0.39, 0.29) is 5.89 Å². The van der Waals surface area contributed by atoms with Gasteiger partial charge in [0.05, 0.1) is 17.7 Å². The zero-order valence-electron chi connectivity index (χ0n) is 15.8. The first-order chi connectivity index (χ1) is 13.8. The summed E-state index contributed by atoms with van der Waals surface area (Å²) in [5.41, 5.74) is 0.896. The van der Waals surface area contributed by atoms with E-state index in [0.29, 0.717) is 28.0 Å². The Morgan fingerprint density at radius 3 is 2.76 bits per heavy atom. The molecule has 0 amide bonds. The molecule has 2 aromatic carbocycles. The van der Waals surface area contributed by atoms with Gasteiger partial charge < -0.3 is 19.4 Å². The lowest BCUT2D eigenvalue weighted by molar-refractivity contribution is -0.141. The van der Waals surface area contributed by atoms with E-state index in [2.05, 4.69) is 10.3 Å². The predicted octanol–water partition coefficient (Wildman–Crippen LogP) is 2.69. The van der Waals surface area contributed by atoms with Gasteiger partial charge in [-0.1, -0.05) is 12.1 Å². The topological polar surface area (TPSA) is 129 Å². The van der Waals surface area contributed by atoms with E-state index in [1.807, 2.05) is 6.07 Å². The van der Waals surface area contributed by atoms with Crippen molar-refractivity contribution in [3.05, 3.63) is 59.5 Å². The molecule has 29 heavy (non-hydrogen) atoms. The van der Waals surface area contributed by atoms with E-state index in [9.17, 15) is 20.3 Å². The number of aliphatic hydroxyl groups is 1. The number of aliphatic carboxylic acids is 1. The van der Waals surface area contributed by atoms with Gasteiger partial charge in [-0.15, -0.1) is 0 Å². The monoisotopic (exact) mass is 393 g/mol. The molecule has 0 radical (unpaired) electrons. The number of aromatic nitrogens is 1. The minimum Gasteiger partial charge on any atom is -0.485 e. The molecule has 4 rings (SSSR count). The van der Waals surface area contributed by atoms with Crippen LogP contribution >= 0.6 is 0 Å². The summed E-state index contributed by atoms with van der Waals surface area (Å²) in [6, 6.07) is 11.7. The Bertz CT molecular complexity index is 1100. The predicted molar refractivity (Wildman–Crippen MR) is 102 cm³/mol. The first-order valence-electron chi connectivity index (χ1n) is 9.05. The van der Waals surface area contributed by atoms with Gasteiger partial charge in [0.1, 0.15) is 23.0 Å². The SMILES string of the molecule is CC1(C)Oc2ccc(C#N)cc2[C@H](NC(C(=O)O)c2nc3ccccc3o2)[C@H]1O. The number of ether oxygens (including phenoxy) is 1. The van der Waals surface area contributed by atoms with Crippen LogP contribution in [0.1, 0.15) is 42.9 Å². The molecule has 0 saturated heterocycles. The van der Waals surface area contributed by atoms with Crippen LogP contribution in [0.3, 0.4) is 0 Å². The van der Waals surface area contributed by atoms with Crippen molar-refractivity contribution < 1.29 is 24.2 Å².